The summed E-state index contributed by atoms with van der Waals surface area (Å²) in [6.07, 6.45) is 0.753. The normalized spacial score (nSPS) is 12.8. The molecule has 192 valence electrons. The summed E-state index contributed by atoms with van der Waals surface area (Å²) < 4.78 is 9.69. The van der Waals surface area contributed by atoms with Gasteiger partial charge in [-0.3, -0.25) is 4.79 Å². The molecular weight excluding hydrogens is 536 g/mol. The molecule has 0 saturated carbocycles. The maximum atomic E-state index is 13.4. The van der Waals surface area contributed by atoms with E-state index in [9.17, 15) is 9.59 Å². The summed E-state index contributed by atoms with van der Waals surface area (Å²) in [5.74, 6) is 0.0315. The summed E-state index contributed by atoms with van der Waals surface area (Å²) >= 11 is 3.44. The largest absolute Gasteiger partial charge is 0.479 e. The van der Waals surface area contributed by atoms with Gasteiger partial charge in [0.15, 0.2) is 6.10 Å². The Hall–Kier alpha value is -3.72. The second kappa shape index (κ2) is 9.97. The molecule has 8 nitrogen and oxygen atoms in total. The van der Waals surface area contributed by atoms with E-state index in [1.165, 1.54) is 11.6 Å². The van der Waals surface area contributed by atoms with Gasteiger partial charge in [0.05, 0.1) is 17.1 Å². The molecule has 0 spiro atoms. The lowest BCUT2D eigenvalue weighted by molar-refractivity contribution is -0.144. The number of carbonyl (C=O) groups is 1. The molecule has 4 aromatic rings. The van der Waals surface area contributed by atoms with Crippen molar-refractivity contribution in [2.75, 3.05) is 0 Å². The number of aryl methyl sites for hydroxylation is 1. The van der Waals surface area contributed by atoms with Crippen molar-refractivity contribution in [3.63, 3.8) is 0 Å². The molecule has 0 fully saturated rings. The fourth-order valence-electron chi connectivity index (χ4n) is 4.11. The standard InChI is InChI=1S/C28H29BrN4O4/c1-16-13-19(17(2)32(16)21-8-10-22(11-9-21)37-18(3)26(35)36)15-30-33-25(34)23-14-20(29)7-12-24(23)31-27(33)28(4,5)6/h7-15,18H,1-6H3,(H,35,36)/t18-/m0/s1. The van der Waals surface area contributed by atoms with Crippen LogP contribution in [-0.4, -0.2) is 37.6 Å². The Morgan fingerprint density at radius 2 is 1.81 bits per heavy atom. The highest BCUT2D eigenvalue weighted by atomic mass is 79.9. The van der Waals surface area contributed by atoms with E-state index < -0.39 is 17.5 Å². The number of fused-ring (bicyclic) bond motifs is 1. The smallest absolute Gasteiger partial charge is 0.344 e. The highest BCUT2D eigenvalue weighted by Crippen LogP contribution is 2.25. The highest BCUT2D eigenvalue weighted by Gasteiger charge is 2.23. The lowest BCUT2D eigenvalue weighted by Crippen LogP contribution is -2.29. The van der Waals surface area contributed by atoms with Crippen molar-refractivity contribution in [1.29, 1.82) is 0 Å². The minimum absolute atomic E-state index is 0.229. The predicted octanol–water partition coefficient (Wildman–Crippen LogP) is 5.60. The number of nitrogens with zero attached hydrogens (tertiary/aromatic N) is 4. The van der Waals surface area contributed by atoms with Gasteiger partial charge in [-0.15, -0.1) is 0 Å². The number of hydrogen-bond donors (Lipinski definition) is 1. The van der Waals surface area contributed by atoms with Gasteiger partial charge in [0, 0.05) is 32.5 Å². The minimum atomic E-state index is -1.02. The Bertz CT molecular complexity index is 1580. The van der Waals surface area contributed by atoms with E-state index in [1.807, 2.05) is 65.0 Å². The number of carboxylic acid groups (broad SMARTS) is 1. The van der Waals surface area contributed by atoms with Gasteiger partial charge in [0.25, 0.3) is 5.56 Å². The third-order valence-corrected chi connectivity index (χ3v) is 6.51. The lowest BCUT2D eigenvalue weighted by Gasteiger charge is -2.20. The van der Waals surface area contributed by atoms with E-state index in [0.29, 0.717) is 22.5 Å². The van der Waals surface area contributed by atoms with Crippen LogP contribution in [0.3, 0.4) is 0 Å². The summed E-state index contributed by atoms with van der Waals surface area (Å²) in [5, 5.41) is 14.2. The van der Waals surface area contributed by atoms with Crippen LogP contribution in [0.15, 0.2) is 62.9 Å². The molecule has 4 rings (SSSR count). The zero-order valence-corrected chi connectivity index (χ0v) is 23.2. The zero-order valence-electron chi connectivity index (χ0n) is 21.6. The van der Waals surface area contributed by atoms with Crippen molar-refractivity contribution in [1.82, 2.24) is 14.2 Å². The van der Waals surface area contributed by atoms with E-state index in [-0.39, 0.29) is 5.56 Å². The molecule has 1 atom stereocenters. The first-order chi connectivity index (χ1) is 17.4. The first kappa shape index (κ1) is 26.3. The van der Waals surface area contributed by atoms with Gasteiger partial charge in [0.1, 0.15) is 11.6 Å². The average Bonchev–Trinajstić information content (AvgIpc) is 3.11. The van der Waals surface area contributed by atoms with Crippen molar-refractivity contribution in [3.05, 3.63) is 86.1 Å². The third-order valence-electron chi connectivity index (χ3n) is 6.02. The molecule has 1 N–H and O–H groups in total. The average molecular weight is 565 g/mol. The monoisotopic (exact) mass is 564 g/mol. The topological polar surface area (TPSA) is 98.7 Å². The summed E-state index contributed by atoms with van der Waals surface area (Å²) in [6.45, 7) is 11.5. The SMILES string of the molecule is Cc1cc(C=Nn2c(C(C)(C)C)nc3ccc(Br)cc3c2=O)c(C)n1-c1ccc(O[C@@H](C)C(=O)O)cc1. The van der Waals surface area contributed by atoms with Crippen molar-refractivity contribution < 1.29 is 14.6 Å². The van der Waals surface area contributed by atoms with Gasteiger partial charge >= 0.3 is 5.97 Å². The molecule has 37 heavy (non-hydrogen) atoms. The number of carboxylic acids is 1. The summed E-state index contributed by atoms with van der Waals surface area (Å²) in [6, 6.07) is 14.7. The van der Waals surface area contributed by atoms with Crippen molar-refractivity contribution in [2.45, 2.75) is 53.1 Å². The molecule has 2 aromatic heterocycles. The minimum Gasteiger partial charge on any atom is -0.479 e. The molecule has 0 saturated heterocycles. The van der Waals surface area contributed by atoms with Crippen molar-refractivity contribution in [3.8, 4) is 11.4 Å². The van der Waals surface area contributed by atoms with Crippen LogP contribution in [-0.2, 0) is 10.2 Å². The van der Waals surface area contributed by atoms with Crippen LogP contribution >= 0.6 is 15.9 Å². The molecule has 9 heteroatoms. The molecule has 0 aliphatic carbocycles. The van der Waals surface area contributed by atoms with E-state index in [2.05, 4.69) is 25.6 Å². The fraction of sp³-hybridized carbons (Fsp3) is 0.286. The Morgan fingerprint density at radius 3 is 2.43 bits per heavy atom. The summed E-state index contributed by atoms with van der Waals surface area (Å²) in [5.41, 5.74) is 3.68. The van der Waals surface area contributed by atoms with Crippen LogP contribution in [0, 0.1) is 13.8 Å². The Labute approximate surface area is 223 Å². The predicted molar refractivity (Wildman–Crippen MR) is 148 cm³/mol. The van der Waals surface area contributed by atoms with E-state index in [1.54, 1.807) is 24.4 Å². The third kappa shape index (κ3) is 5.36. The van der Waals surface area contributed by atoms with Crippen LogP contribution in [0.1, 0.15) is 50.5 Å². The summed E-state index contributed by atoms with van der Waals surface area (Å²) in [7, 11) is 0. The van der Waals surface area contributed by atoms with Gasteiger partial charge in [-0.1, -0.05) is 36.7 Å². The molecule has 0 radical (unpaired) electrons. The Morgan fingerprint density at radius 1 is 1.14 bits per heavy atom. The van der Waals surface area contributed by atoms with Gasteiger partial charge in [0.2, 0.25) is 0 Å². The Balaban J connectivity index is 1.73. The fourth-order valence-corrected chi connectivity index (χ4v) is 4.47. The molecule has 0 unspecified atom stereocenters. The number of benzene rings is 2. The number of aromatic nitrogens is 3. The van der Waals surface area contributed by atoms with Gasteiger partial charge < -0.3 is 14.4 Å². The number of aliphatic carboxylic acids is 1. The number of halogens is 1. The number of hydrogen-bond acceptors (Lipinski definition) is 5. The Kier molecular flexibility index (Phi) is 7.10. The van der Waals surface area contributed by atoms with E-state index in [4.69, 9.17) is 14.8 Å². The summed E-state index contributed by atoms with van der Waals surface area (Å²) in [4.78, 5) is 29.3. The molecule has 0 amide bonds. The molecular formula is C28H29BrN4O4. The van der Waals surface area contributed by atoms with Crippen LogP contribution in [0.5, 0.6) is 5.75 Å². The van der Waals surface area contributed by atoms with Crippen molar-refractivity contribution >= 4 is 39.0 Å². The lowest BCUT2D eigenvalue weighted by atomic mass is 9.95. The molecule has 0 bridgehead atoms. The maximum absolute atomic E-state index is 13.4. The van der Waals surface area contributed by atoms with Crippen molar-refractivity contribution in [2.24, 2.45) is 5.10 Å². The second-order valence-electron chi connectivity index (χ2n) is 9.96. The first-order valence-electron chi connectivity index (χ1n) is 11.8. The van der Waals surface area contributed by atoms with Crippen LogP contribution < -0.4 is 10.3 Å². The molecule has 2 aromatic carbocycles. The number of ether oxygens (including phenoxy) is 1. The number of rotatable bonds is 6. The van der Waals surface area contributed by atoms with Gasteiger partial charge in [-0.05, 0) is 69.3 Å². The van der Waals surface area contributed by atoms with E-state index >= 15 is 0 Å². The second-order valence-corrected chi connectivity index (χ2v) is 10.9. The first-order valence-corrected chi connectivity index (χ1v) is 12.6. The van der Waals surface area contributed by atoms with E-state index in [0.717, 1.165) is 27.1 Å². The maximum Gasteiger partial charge on any atom is 0.344 e. The molecule has 0 aliphatic rings. The quantitative estimate of drug-likeness (QED) is 0.307. The van der Waals surface area contributed by atoms with Gasteiger partial charge in [-0.2, -0.15) is 9.78 Å². The van der Waals surface area contributed by atoms with Crippen LogP contribution in [0.4, 0.5) is 0 Å². The molecule has 2 heterocycles. The zero-order chi connectivity index (χ0) is 27.1. The van der Waals surface area contributed by atoms with Crippen LogP contribution in [0.2, 0.25) is 0 Å². The van der Waals surface area contributed by atoms with Crippen LogP contribution in [0.25, 0.3) is 16.6 Å². The molecule has 0 aliphatic heterocycles. The highest BCUT2D eigenvalue weighted by molar-refractivity contribution is 9.10. The van der Waals surface area contributed by atoms with Gasteiger partial charge in [-0.25, -0.2) is 9.78 Å².